The van der Waals surface area contributed by atoms with Crippen LogP contribution < -0.4 is 0 Å². The summed E-state index contributed by atoms with van der Waals surface area (Å²) in [6, 6.07) is 0. The summed E-state index contributed by atoms with van der Waals surface area (Å²) < 4.78 is 0. The predicted octanol–water partition coefficient (Wildman–Crippen LogP) is 7.98. The van der Waals surface area contributed by atoms with Crippen molar-refractivity contribution >= 4 is 0 Å². The fraction of sp³-hybridized carbons (Fsp3) is 0.818. The molecule has 0 bridgehead atoms. The summed E-state index contributed by atoms with van der Waals surface area (Å²) in [4.78, 5) is 0. The Kier molecular flexibility index (Phi) is 22.7. The van der Waals surface area contributed by atoms with Gasteiger partial charge in [0.1, 0.15) is 0 Å². The topological polar surface area (TPSA) is 0 Å². The Morgan fingerprint density at radius 1 is 0.522 bits per heavy atom. The van der Waals surface area contributed by atoms with Crippen LogP contribution in [0.5, 0.6) is 0 Å². The molecule has 2 saturated carbocycles. The van der Waals surface area contributed by atoms with Crippen molar-refractivity contribution in [3.63, 3.8) is 0 Å². The fourth-order valence-corrected chi connectivity index (χ4v) is 3.08. The van der Waals surface area contributed by atoms with E-state index in [1.54, 1.807) is 0 Å². The molecule has 2 fully saturated rings. The summed E-state index contributed by atoms with van der Waals surface area (Å²) in [7, 11) is 0. The zero-order valence-electron chi connectivity index (χ0n) is 16.4. The van der Waals surface area contributed by atoms with Gasteiger partial charge in [0.05, 0.1) is 0 Å². The number of allylic oxidation sites excluding steroid dienone is 4. The second-order valence-corrected chi connectivity index (χ2v) is 6.26. The molecule has 1 heteroatoms. The molecular weight excluding hydrogens is 355 g/mol. The largest absolute Gasteiger partial charge is 4.00 e. The van der Waals surface area contributed by atoms with Crippen LogP contribution in [0.4, 0.5) is 0 Å². The smallest absolute Gasteiger partial charge is 0.373 e. The molecule has 0 N–H and O–H groups in total. The zero-order valence-corrected chi connectivity index (χ0v) is 18.9. The molecule has 23 heavy (non-hydrogen) atoms. The first-order valence-corrected chi connectivity index (χ1v) is 9.99. The molecule has 2 aliphatic carbocycles. The summed E-state index contributed by atoms with van der Waals surface area (Å²) in [5.41, 5.74) is 2.73. The van der Waals surface area contributed by atoms with E-state index in [1.165, 1.54) is 75.4 Å². The van der Waals surface area contributed by atoms with Crippen molar-refractivity contribution in [2.45, 2.75) is 118 Å². The molecule has 130 valence electrons. The van der Waals surface area contributed by atoms with Gasteiger partial charge in [-0.2, -0.15) is 0 Å². The summed E-state index contributed by atoms with van der Waals surface area (Å²) in [5, 5.41) is 0. The van der Waals surface area contributed by atoms with E-state index < -0.39 is 0 Å². The monoisotopic (exact) mass is 394 g/mol. The molecule has 0 unspecified atom stereocenters. The number of hydrogen-bond donors (Lipinski definition) is 0. The summed E-state index contributed by atoms with van der Waals surface area (Å²) >= 11 is 0. The maximum absolute atomic E-state index is 3.39. The third-order valence-corrected chi connectivity index (χ3v) is 4.35. The molecule has 0 nitrogen and oxygen atoms in total. The average Bonchev–Trinajstić information content (AvgIpc) is 3.28. The Morgan fingerprint density at radius 3 is 0.870 bits per heavy atom. The summed E-state index contributed by atoms with van der Waals surface area (Å²) in [5.74, 6) is 0. The molecule has 0 radical (unpaired) electrons. The van der Waals surface area contributed by atoms with Crippen molar-refractivity contribution in [2.75, 3.05) is 0 Å². The van der Waals surface area contributed by atoms with Gasteiger partial charge in [-0.3, -0.25) is 0 Å². The first kappa shape index (κ1) is 25.6. The molecule has 0 spiro atoms. The molecule has 0 saturated heterocycles. The van der Waals surface area contributed by atoms with Crippen molar-refractivity contribution in [1.29, 1.82) is 0 Å². The minimum atomic E-state index is 0. The molecular formula is C22H40Zr+2. The maximum atomic E-state index is 3.39. The minimum absolute atomic E-state index is 0. The third kappa shape index (κ3) is 15.6. The van der Waals surface area contributed by atoms with Crippen LogP contribution in [0, 0.1) is 12.2 Å². The molecule has 2 rings (SSSR count). The normalized spacial score (nSPS) is 17.6. The van der Waals surface area contributed by atoms with Crippen molar-refractivity contribution in [2.24, 2.45) is 0 Å². The van der Waals surface area contributed by atoms with Gasteiger partial charge in [0.25, 0.3) is 0 Å². The standard InChI is InChI=1S/C12H20.2C5H10.Zr/c1-5-9-11(7-3)12(8-4)10-6-2;2*1-2-4-5-3-1;/h5-8H2,1-4H3;2*1-5H2;/q-2;;;+4. The van der Waals surface area contributed by atoms with Gasteiger partial charge >= 0.3 is 26.2 Å². The zero-order chi connectivity index (χ0) is 16.5. The summed E-state index contributed by atoms with van der Waals surface area (Å²) in [6.45, 7) is 8.64. The van der Waals surface area contributed by atoms with E-state index in [1.807, 2.05) is 0 Å². The fourth-order valence-electron chi connectivity index (χ4n) is 3.08. The van der Waals surface area contributed by atoms with Gasteiger partial charge in [-0.15, -0.1) is 25.7 Å². The van der Waals surface area contributed by atoms with Crippen molar-refractivity contribution in [3.05, 3.63) is 23.3 Å². The number of hydrogen-bond acceptors (Lipinski definition) is 0. The third-order valence-electron chi connectivity index (χ3n) is 4.35. The number of rotatable bonds is 5. The van der Waals surface area contributed by atoms with Crippen LogP contribution >= 0.6 is 0 Å². The predicted molar refractivity (Wildman–Crippen MR) is 101 cm³/mol. The van der Waals surface area contributed by atoms with Gasteiger partial charge in [-0.25, -0.2) is 0 Å². The Bertz CT molecular complexity index is 235. The Balaban J connectivity index is 0. The van der Waals surface area contributed by atoms with Crippen LogP contribution in [0.1, 0.15) is 118 Å². The van der Waals surface area contributed by atoms with E-state index in [0.717, 1.165) is 25.7 Å². The van der Waals surface area contributed by atoms with E-state index >= 15 is 0 Å². The van der Waals surface area contributed by atoms with Crippen LogP contribution in [0.15, 0.2) is 11.1 Å². The molecule has 0 atom stereocenters. The molecule has 0 aromatic rings. The SMILES string of the molecule is C1CCCC1.C1CCCC1.CC[C-]=C(CC)C(=[C-]CC)CC.[Zr+4]. The second kappa shape index (κ2) is 20.4. The van der Waals surface area contributed by atoms with Crippen molar-refractivity contribution in [3.8, 4) is 0 Å². The van der Waals surface area contributed by atoms with Crippen LogP contribution in [0.25, 0.3) is 0 Å². The van der Waals surface area contributed by atoms with Gasteiger partial charge in [0.2, 0.25) is 0 Å². The van der Waals surface area contributed by atoms with E-state index in [2.05, 4.69) is 39.8 Å². The molecule has 0 aromatic heterocycles. The van der Waals surface area contributed by atoms with E-state index in [9.17, 15) is 0 Å². The first-order valence-electron chi connectivity index (χ1n) is 9.99. The van der Waals surface area contributed by atoms with Gasteiger partial charge in [-0.05, 0) is 0 Å². The van der Waals surface area contributed by atoms with Gasteiger partial charge in [0, 0.05) is 0 Å². The second-order valence-electron chi connectivity index (χ2n) is 6.26. The molecule has 0 aromatic carbocycles. The van der Waals surface area contributed by atoms with Crippen LogP contribution in [-0.4, -0.2) is 0 Å². The summed E-state index contributed by atoms with van der Waals surface area (Å²) in [6.07, 6.45) is 26.0. The average molecular weight is 396 g/mol. The van der Waals surface area contributed by atoms with Crippen LogP contribution in [0.2, 0.25) is 0 Å². The van der Waals surface area contributed by atoms with Gasteiger partial charge in [0.15, 0.2) is 0 Å². The van der Waals surface area contributed by atoms with Crippen molar-refractivity contribution in [1.82, 2.24) is 0 Å². The first-order chi connectivity index (χ1) is 10.8. The van der Waals surface area contributed by atoms with Crippen LogP contribution in [0.3, 0.4) is 0 Å². The van der Waals surface area contributed by atoms with Crippen molar-refractivity contribution < 1.29 is 26.2 Å². The maximum Gasteiger partial charge on any atom is 4.00 e. The molecule has 0 heterocycles. The quantitative estimate of drug-likeness (QED) is 0.327. The van der Waals surface area contributed by atoms with E-state index in [0.29, 0.717) is 0 Å². The van der Waals surface area contributed by atoms with Gasteiger partial charge < -0.3 is 23.3 Å². The Hall–Kier alpha value is 0.363. The molecule has 0 aliphatic heterocycles. The minimum Gasteiger partial charge on any atom is -0.373 e. The Morgan fingerprint density at radius 2 is 0.739 bits per heavy atom. The Labute approximate surface area is 166 Å². The van der Waals surface area contributed by atoms with E-state index in [-0.39, 0.29) is 26.2 Å². The molecule has 0 amide bonds. The molecule has 2 aliphatic rings. The van der Waals surface area contributed by atoms with E-state index in [4.69, 9.17) is 0 Å². The van der Waals surface area contributed by atoms with Crippen LogP contribution in [-0.2, 0) is 26.2 Å². The van der Waals surface area contributed by atoms with Gasteiger partial charge in [-0.1, -0.05) is 91.9 Å².